The first-order chi connectivity index (χ1) is 12.2. The van der Waals surface area contributed by atoms with Gasteiger partial charge < -0.3 is 11.1 Å². The van der Waals surface area contributed by atoms with E-state index >= 15 is 0 Å². The maximum absolute atomic E-state index is 6.38. The minimum atomic E-state index is 0.360. The lowest BCUT2D eigenvalue weighted by Gasteiger charge is -2.28. The number of anilines is 1. The number of aromatic nitrogens is 1. The van der Waals surface area contributed by atoms with Gasteiger partial charge in [0.25, 0.3) is 0 Å². The van der Waals surface area contributed by atoms with Crippen LogP contribution in [-0.2, 0) is 0 Å². The van der Waals surface area contributed by atoms with Crippen molar-refractivity contribution in [3.63, 3.8) is 0 Å². The molecule has 1 saturated carbocycles. The molecule has 1 aliphatic rings. The zero-order chi connectivity index (χ0) is 17.2. The standard InChI is InChI=1S/C21H22ClN3/c22-19-4-2-1-3-17(19)14-5-10-20-18(13-14)21(11-12-24-20)25-16-8-6-15(23)7-9-16/h1-5,10-13,15-16H,6-9,23H2,(H,24,25). The second kappa shape index (κ2) is 7.03. The summed E-state index contributed by atoms with van der Waals surface area (Å²) in [5, 5.41) is 5.61. The Hall–Kier alpha value is -2.10. The van der Waals surface area contributed by atoms with Crippen molar-refractivity contribution in [2.45, 2.75) is 37.8 Å². The minimum absolute atomic E-state index is 0.360. The van der Waals surface area contributed by atoms with E-state index in [1.54, 1.807) is 0 Å². The predicted octanol–water partition coefficient (Wildman–Crippen LogP) is 5.24. The number of halogens is 1. The summed E-state index contributed by atoms with van der Waals surface area (Å²) in [7, 11) is 0. The van der Waals surface area contributed by atoms with E-state index in [0.717, 1.165) is 58.4 Å². The highest BCUT2D eigenvalue weighted by Gasteiger charge is 2.19. The minimum Gasteiger partial charge on any atom is -0.382 e. The molecule has 4 heteroatoms. The van der Waals surface area contributed by atoms with Gasteiger partial charge in [0.1, 0.15) is 0 Å². The Morgan fingerprint density at radius 2 is 1.80 bits per heavy atom. The second-order valence-electron chi connectivity index (χ2n) is 6.83. The molecule has 1 fully saturated rings. The van der Waals surface area contributed by atoms with Crippen LogP contribution in [0.4, 0.5) is 5.69 Å². The Labute approximate surface area is 153 Å². The van der Waals surface area contributed by atoms with Gasteiger partial charge >= 0.3 is 0 Å². The molecule has 2 aromatic carbocycles. The molecule has 0 atom stereocenters. The monoisotopic (exact) mass is 351 g/mol. The third-order valence-electron chi connectivity index (χ3n) is 5.06. The average Bonchev–Trinajstić information content (AvgIpc) is 2.64. The molecule has 25 heavy (non-hydrogen) atoms. The van der Waals surface area contributed by atoms with Gasteiger partial charge in [-0.15, -0.1) is 0 Å². The number of hydrogen-bond acceptors (Lipinski definition) is 3. The van der Waals surface area contributed by atoms with Crippen LogP contribution in [-0.4, -0.2) is 17.1 Å². The number of nitrogens with one attached hydrogen (secondary N) is 1. The highest BCUT2D eigenvalue weighted by molar-refractivity contribution is 6.33. The smallest absolute Gasteiger partial charge is 0.0723 e. The lowest BCUT2D eigenvalue weighted by Crippen LogP contribution is -2.32. The highest BCUT2D eigenvalue weighted by atomic mass is 35.5. The normalized spacial score (nSPS) is 20.6. The molecular formula is C21H22ClN3. The van der Waals surface area contributed by atoms with E-state index in [-0.39, 0.29) is 0 Å². The van der Waals surface area contributed by atoms with Gasteiger partial charge in [0.15, 0.2) is 0 Å². The lowest BCUT2D eigenvalue weighted by atomic mass is 9.91. The quantitative estimate of drug-likeness (QED) is 0.678. The molecule has 0 saturated heterocycles. The summed E-state index contributed by atoms with van der Waals surface area (Å²) in [6.07, 6.45) is 6.29. The molecule has 0 radical (unpaired) electrons. The van der Waals surface area contributed by atoms with E-state index < -0.39 is 0 Å². The molecule has 0 bridgehead atoms. The Morgan fingerprint density at radius 3 is 2.60 bits per heavy atom. The number of nitrogens with zero attached hydrogens (tertiary/aromatic N) is 1. The summed E-state index contributed by atoms with van der Waals surface area (Å²) in [5.74, 6) is 0. The summed E-state index contributed by atoms with van der Waals surface area (Å²) < 4.78 is 0. The second-order valence-corrected chi connectivity index (χ2v) is 7.23. The molecule has 4 rings (SSSR count). The molecule has 1 aromatic heterocycles. The third-order valence-corrected chi connectivity index (χ3v) is 5.39. The maximum atomic E-state index is 6.38. The topological polar surface area (TPSA) is 50.9 Å². The van der Waals surface area contributed by atoms with E-state index in [0.29, 0.717) is 12.1 Å². The zero-order valence-corrected chi connectivity index (χ0v) is 14.8. The predicted molar refractivity (Wildman–Crippen MR) is 106 cm³/mol. The van der Waals surface area contributed by atoms with Crippen molar-refractivity contribution in [3.8, 4) is 11.1 Å². The van der Waals surface area contributed by atoms with Crippen LogP contribution in [0.15, 0.2) is 54.7 Å². The average molecular weight is 352 g/mol. The van der Waals surface area contributed by atoms with Crippen LogP contribution in [0.3, 0.4) is 0 Å². The first kappa shape index (κ1) is 16.4. The van der Waals surface area contributed by atoms with Crippen LogP contribution in [0.2, 0.25) is 5.02 Å². The van der Waals surface area contributed by atoms with Crippen molar-refractivity contribution < 1.29 is 0 Å². The van der Waals surface area contributed by atoms with Crippen LogP contribution >= 0.6 is 11.6 Å². The van der Waals surface area contributed by atoms with Gasteiger partial charge in [-0.2, -0.15) is 0 Å². The van der Waals surface area contributed by atoms with Crippen molar-refractivity contribution in [1.29, 1.82) is 0 Å². The van der Waals surface area contributed by atoms with Crippen molar-refractivity contribution in [1.82, 2.24) is 4.98 Å². The Morgan fingerprint density at radius 1 is 1.00 bits per heavy atom. The Bertz CT molecular complexity index is 885. The number of nitrogens with two attached hydrogens (primary N) is 1. The first-order valence-electron chi connectivity index (χ1n) is 8.86. The summed E-state index contributed by atoms with van der Waals surface area (Å²) in [6.45, 7) is 0. The molecule has 128 valence electrons. The molecule has 0 spiro atoms. The van der Waals surface area contributed by atoms with E-state index in [1.165, 1.54) is 0 Å². The molecular weight excluding hydrogens is 330 g/mol. The molecule has 0 amide bonds. The Kier molecular flexibility index (Phi) is 4.60. The molecule has 0 aliphatic heterocycles. The van der Waals surface area contributed by atoms with Gasteiger partial charge in [0.2, 0.25) is 0 Å². The number of hydrogen-bond donors (Lipinski definition) is 2. The van der Waals surface area contributed by atoms with Gasteiger partial charge in [-0.25, -0.2) is 0 Å². The number of benzene rings is 2. The molecule has 3 nitrogen and oxygen atoms in total. The maximum Gasteiger partial charge on any atom is 0.0723 e. The van der Waals surface area contributed by atoms with Crippen LogP contribution < -0.4 is 11.1 Å². The highest BCUT2D eigenvalue weighted by Crippen LogP contribution is 2.33. The van der Waals surface area contributed by atoms with E-state index in [2.05, 4.69) is 40.6 Å². The third kappa shape index (κ3) is 3.48. The molecule has 1 aliphatic carbocycles. The van der Waals surface area contributed by atoms with Gasteiger partial charge in [0, 0.05) is 39.9 Å². The molecule has 3 aromatic rings. The van der Waals surface area contributed by atoms with E-state index in [4.69, 9.17) is 17.3 Å². The molecule has 1 heterocycles. The molecule has 3 N–H and O–H groups in total. The summed E-state index contributed by atoms with van der Waals surface area (Å²) in [4.78, 5) is 4.51. The number of fused-ring (bicyclic) bond motifs is 1. The van der Waals surface area contributed by atoms with Crippen molar-refractivity contribution >= 4 is 28.2 Å². The fourth-order valence-electron chi connectivity index (χ4n) is 3.62. The SMILES string of the molecule is NC1CCC(Nc2ccnc3ccc(-c4ccccc4Cl)cc23)CC1. The zero-order valence-electron chi connectivity index (χ0n) is 14.1. The van der Waals surface area contributed by atoms with Crippen molar-refractivity contribution in [3.05, 3.63) is 59.8 Å². The number of rotatable bonds is 3. The largest absolute Gasteiger partial charge is 0.382 e. The van der Waals surface area contributed by atoms with Crippen molar-refractivity contribution in [2.75, 3.05) is 5.32 Å². The van der Waals surface area contributed by atoms with Gasteiger partial charge in [-0.3, -0.25) is 4.98 Å². The van der Waals surface area contributed by atoms with E-state index in [9.17, 15) is 0 Å². The fraction of sp³-hybridized carbons (Fsp3) is 0.286. The summed E-state index contributed by atoms with van der Waals surface area (Å²) in [5.41, 5.74) is 10.3. The van der Waals surface area contributed by atoms with Gasteiger partial charge in [-0.1, -0.05) is 35.9 Å². The summed E-state index contributed by atoms with van der Waals surface area (Å²) >= 11 is 6.38. The van der Waals surface area contributed by atoms with E-state index in [1.807, 2.05) is 24.4 Å². The van der Waals surface area contributed by atoms with Crippen LogP contribution in [0, 0.1) is 0 Å². The van der Waals surface area contributed by atoms with Crippen molar-refractivity contribution in [2.24, 2.45) is 5.73 Å². The molecule has 0 unspecified atom stereocenters. The fourth-order valence-corrected chi connectivity index (χ4v) is 3.86. The van der Waals surface area contributed by atoms with Gasteiger partial charge in [-0.05, 0) is 55.5 Å². The first-order valence-corrected chi connectivity index (χ1v) is 9.24. The van der Waals surface area contributed by atoms with Gasteiger partial charge in [0.05, 0.1) is 5.52 Å². The summed E-state index contributed by atoms with van der Waals surface area (Å²) in [6, 6.07) is 17.2. The lowest BCUT2D eigenvalue weighted by molar-refractivity contribution is 0.411. The number of pyridine rings is 1. The van der Waals surface area contributed by atoms with Crippen LogP contribution in [0.25, 0.3) is 22.0 Å². The van der Waals surface area contributed by atoms with Crippen LogP contribution in [0.5, 0.6) is 0 Å². The Balaban J connectivity index is 1.70. The van der Waals surface area contributed by atoms with Crippen LogP contribution in [0.1, 0.15) is 25.7 Å².